The number of nitrogens with zero attached hydrogens (tertiary/aromatic N) is 1. The zero-order valence-electron chi connectivity index (χ0n) is 12.4. The lowest BCUT2D eigenvalue weighted by atomic mass is 10.1. The number of aliphatic carboxylic acids is 1. The van der Waals surface area contributed by atoms with Gasteiger partial charge < -0.3 is 20.8 Å². The highest BCUT2D eigenvalue weighted by atomic mass is 16.6. The number of benzene rings is 1. The Kier molecular flexibility index (Phi) is 4.50. The van der Waals surface area contributed by atoms with Gasteiger partial charge in [0.25, 0.3) is 11.6 Å². The molecule has 1 amide bonds. The van der Waals surface area contributed by atoms with Gasteiger partial charge in [0, 0.05) is 17.7 Å². The maximum atomic E-state index is 12.0. The minimum atomic E-state index is -2.12. The van der Waals surface area contributed by atoms with Gasteiger partial charge in [0.1, 0.15) is 5.69 Å². The molecule has 1 aliphatic rings. The summed E-state index contributed by atoms with van der Waals surface area (Å²) < 4.78 is 0. The van der Waals surface area contributed by atoms with E-state index in [4.69, 9.17) is 5.11 Å². The quantitative estimate of drug-likeness (QED) is 0.428. The second kappa shape index (κ2) is 6.21. The van der Waals surface area contributed by atoms with Gasteiger partial charge in [0.05, 0.1) is 11.5 Å². The average molecular weight is 323 g/mol. The first kappa shape index (κ1) is 16.7. The Bertz CT molecular complexity index is 654. The molecule has 2 rings (SSSR count). The van der Waals surface area contributed by atoms with Crippen molar-refractivity contribution in [1.82, 2.24) is 5.32 Å². The third kappa shape index (κ3) is 4.16. The minimum absolute atomic E-state index is 0.0132. The molecule has 1 fully saturated rings. The van der Waals surface area contributed by atoms with Crippen molar-refractivity contribution in [3.8, 4) is 0 Å². The molecule has 23 heavy (non-hydrogen) atoms. The number of carbonyl (C=O) groups is 2. The molecule has 0 saturated heterocycles. The van der Waals surface area contributed by atoms with Crippen molar-refractivity contribution in [3.63, 3.8) is 0 Å². The topological polar surface area (TPSA) is 142 Å². The van der Waals surface area contributed by atoms with E-state index in [0.29, 0.717) is 5.69 Å². The zero-order chi connectivity index (χ0) is 17.2. The number of carboxylic acid groups (broad SMARTS) is 1. The Morgan fingerprint density at radius 1 is 1.43 bits per heavy atom. The lowest BCUT2D eigenvalue weighted by Gasteiger charge is -2.18. The first-order chi connectivity index (χ1) is 10.7. The normalized spacial score (nSPS) is 16.3. The van der Waals surface area contributed by atoms with Gasteiger partial charge in [0.15, 0.2) is 5.60 Å². The van der Waals surface area contributed by atoms with Gasteiger partial charge in [-0.1, -0.05) is 0 Å². The monoisotopic (exact) mass is 323 g/mol. The highest BCUT2D eigenvalue weighted by Crippen LogP contribution is 2.31. The van der Waals surface area contributed by atoms with E-state index in [0.717, 1.165) is 25.8 Å². The number of carbonyl (C=O) groups excluding carboxylic acids is 1. The van der Waals surface area contributed by atoms with E-state index in [-0.39, 0.29) is 17.3 Å². The molecule has 0 bridgehead atoms. The van der Waals surface area contributed by atoms with Crippen LogP contribution >= 0.6 is 0 Å². The van der Waals surface area contributed by atoms with Crippen LogP contribution in [0.5, 0.6) is 0 Å². The number of nitrogens with one attached hydrogen (secondary N) is 2. The van der Waals surface area contributed by atoms with E-state index >= 15 is 0 Å². The summed E-state index contributed by atoms with van der Waals surface area (Å²) in [4.78, 5) is 33.3. The fourth-order valence-electron chi connectivity index (χ4n) is 1.82. The van der Waals surface area contributed by atoms with Crippen molar-refractivity contribution < 1.29 is 24.7 Å². The lowest BCUT2D eigenvalue weighted by Crippen LogP contribution is -2.46. The Morgan fingerprint density at radius 2 is 2.09 bits per heavy atom. The van der Waals surface area contributed by atoms with Gasteiger partial charge in [-0.05, 0) is 31.9 Å². The van der Waals surface area contributed by atoms with Crippen LogP contribution < -0.4 is 10.6 Å². The van der Waals surface area contributed by atoms with Gasteiger partial charge in [0.2, 0.25) is 0 Å². The molecule has 0 aromatic heterocycles. The summed E-state index contributed by atoms with van der Waals surface area (Å²) in [6.07, 6.45) is 1.90. The molecular weight excluding hydrogens is 306 g/mol. The van der Waals surface area contributed by atoms with Crippen LogP contribution in [-0.2, 0) is 4.79 Å². The summed E-state index contributed by atoms with van der Waals surface area (Å²) >= 11 is 0. The SMILES string of the molecule is CC(O)(CNC(=O)c1ccc(NC2CC2)c([N+](=O)[O-])c1)C(=O)O. The number of carboxylic acids is 1. The molecule has 1 aliphatic carbocycles. The van der Waals surface area contributed by atoms with Gasteiger partial charge in [-0.3, -0.25) is 14.9 Å². The molecule has 0 aliphatic heterocycles. The summed E-state index contributed by atoms with van der Waals surface area (Å²) in [5.74, 6) is -2.18. The summed E-state index contributed by atoms with van der Waals surface area (Å²) in [5, 5.41) is 34.7. The fourth-order valence-corrected chi connectivity index (χ4v) is 1.82. The lowest BCUT2D eigenvalue weighted by molar-refractivity contribution is -0.384. The summed E-state index contributed by atoms with van der Waals surface area (Å²) in [6, 6.07) is 4.19. The fraction of sp³-hybridized carbons (Fsp3) is 0.429. The summed E-state index contributed by atoms with van der Waals surface area (Å²) in [7, 11) is 0. The number of rotatable bonds is 7. The van der Waals surface area contributed by atoms with E-state index in [1.165, 1.54) is 12.1 Å². The molecule has 124 valence electrons. The second-order valence-electron chi connectivity index (χ2n) is 5.67. The molecule has 4 N–H and O–H groups in total. The van der Waals surface area contributed by atoms with Crippen LogP contribution in [-0.4, -0.2) is 45.2 Å². The molecule has 9 nitrogen and oxygen atoms in total. The van der Waals surface area contributed by atoms with Gasteiger partial charge in [-0.2, -0.15) is 0 Å². The molecule has 1 aromatic rings. The minimum Gasteiger partial charge on any atom is -0.479 e. The zero-order valence-corrected chi connectivity index (χ0v) is 12.4. The van der Waals surface area contributed by atoms with Gasteiger partial charge >= 0.3 is 5.97 Å². The molecule has 1 atom stereocenters. The van der Waals surface area contributed by atoms with Crippen molar-refractivity contribution >= 4 is 23.3 Å². The number of aliphatic hydroxyl groups is 1. The first-order valence-corrected chi connectivity index (χ1v) is 6.99. The number of anilines is 1. The third-order valence-electron chi connectivity index (χ3n) is 3.45. The van der Waals surface area contributed by atoms with E-state index < -0.39 is 28.9 Å². The largest absolute Gasteiger partial charge is 0.479 e. The molecule has 9 heteroatoms. The average Bonchev–Trinajstić information content (AvgIpc) is 3.28. The number of amides is 1. The van der Waals surface area contributed by atoms with Crippen LogP contribution in [0, 0.1) is 10.1 Å². The Hall–Kier alpha value is -2.68. The highest BCUT2D eigenvalue weighted by Gasteiger charge is 2.31. The van der Waals surface area contributed by atoms with Crippen molar-refractivity contribution in [2.45, 2.75) is 31.4 Å². The third-order valence-corrected chi connectivity index (χ3v) is 3.45. The van der Waals surface area contributed by atoms with Crippen molar-refractivity contribution in [2.75, 3.05) is 11.9 Å². The molecule has 1 saturated carbocycles. The van der Waals surface area contributed by atoms with Crippen LogP contribution in [0.25, 0.3) is 0 Å². The van der Waals surface area contributed by atoms with Crippen molar-refractivity contribution in [2.24, 2.45) is 0 Å². The van der Waals surface area contributed by atoms with Crippen LogP contribution in [0.3, 0.4) is 0 Å². The Balaban J connectivity index is 2.12. The molecule has 0 radical (unpaired) electrons. The van der Waals surface area contributed by atoms with E-state index in [1.807, 2.05) is 0 Å². The molecule has 0 heterocycles. The van der Waals surface area contributed by atoms with E-state index in [2.05, 4.69) is 10.6 Å². The van der Waals surface area contributed by atoms with Crippen molar-refractivity contribution in [3.05, 3.63) is 33.9 Å². The smallest absolute Gasteiger partial charge is 0.337 e. The second-order valence-corrected chi connectivity index (χ2v) is 5.67. The number of hydrogen-bond donors (Lipinski definition) is 4. The predicted molar refractivity (Wildman–Crippen MR) is 80.3 cm³/mol. The van der Waals surface area contributed by atoms with Crippen LogP contribution in [0.4, 0.5) is 11.4 Å². The maximum Gasteiger partial charge on any atom is 0.337 e. The van der Waals surface area contributed by atoms with Crippen LogP contribution in [0.15, 0.2) is 18.2 Å². The molecule has 0 spiro atoms. The maximum absolute atomic E-state index is 12.0. The highest BCUT2D eigenvalue weighted by molar-refractivity contribution is 5.96. The molecule has 1 unspecified atom stereocenters. The van der Waals surface area contributed by atoms with Crippen molar-refractivity contribution in [1.29, 1.82) is 0 Å². The van der Waals surface area contributed by atoms with Gasteiger partial charge in [-0.25, -0.2) is 4.79 Å². The molecular formula is C14H17N3O6. The summed E-state index contributed by atoms with van der Waals surface area (Å²) in [6.45, 7) is 0.526. The van der Waals surface area contributed by atoms with Gasteiger partial charge in [-0.15, -0.1) is 0 Å². The van der Waals surface area contributed by atoms with Crippen LogP contribution in [0.1, 0.15) is 30.1 Å². The number of hydrogen-bond acceptors (Lipinski definition) is 6. The Labute approximate surface area is 131 Å². The number of nitro benzene ring substituents is 1. The van der Waals surface area contributed by atoms with E-state index in [1.54, 1.807) is 0 Å². The van der Waals surface area contributed by atoms with Crippen LogP contribution in [0.2, 0.25) is 0 Å². The molecule has 1 aromatic carbocycles. The van der Waals surface area contributed by atoms with E-state index in [9.17, 15) is 24.8 Å². The Morgan fingerprint density at radius 3 is 2.61 bits per heavy atom. The number of nitro groups is 1. The predicted octanol–water partition coefficient (Wildman–Crippen LogP) is 0.734. The standard InChI is InChI=1S/C14H17N3O6/c1-14(21,13(19)20)7-15-12(18)8-2-5-10(16-9-3-4-9)11(6-8)17(22)23/h2,5-6,9,16,21H,3-4,7H2,1H3,(H,15,18)(H,19,20). The summed E-state index contributed by atoms with van der Waals surface area (Å²) in [5.41, 5.74) is -1.99. The first-order valence-electron chi connectivity index (χ1n) is 6.99.